The summed E-state index contributed by atoms with van der Waals surface area (Å²) in [5.41, 5.74) is 0.590. The number of fused-ring (bicyclic) bond motifs is 1. The number of nitrogens with zero attached hydrogens (tertiary/aromatic N) is 2. The lowest BCUT2D eigenvalue weighted by molar-refractivity contribution is -0.00543. The van der Waals surface area contributed by atoms with Gasteiger partial charge in [0, 0.05) is 24.2 Å². The van der Waals surface area contributed by atoms with Crippen molar-refractivity contribution in [1.29, 1.82) is 0 Å². The fourth-order valence-corrected chi connectivity index (χ4v) is 3.67. The van der Waals surface area contributed by atoms with Gasteiger partial charge in [-0.2, -0.15) is 0 Å². The Morgan fingerprint density at radius 2 is 1.89 bits per heavy atom. The van der Waals surface area contributed by atoms with Gasteiger partial charge in [-0.1, -0.05) is 17.3 Å². The van der Waals surface area contributed by atoms with E-state index in [0.29, 0.717) is 19.4 Å². The molecule has 140 valence electrons. The standard InChI is InChI=1S/C20H18F2N2O3/c1-11-8-24(9-12(2)26-11)19-13(10-25)7-15-18(23-27-20(15)17(19)22)14-5-3-4-6-16(14)21/h3-7,10-12H,8-9H2,1-2H3/t11-,12+. The smallest absolute Gasteiger partial charge is 0.205 e. The second-order valence-corrected chi connectivity index (χ2v) is 6.80. The number of anilines is 1. The maximum absolute atomic E-state index is 15.3. The SMILES string of the molecule is C[C@@H]1CN(c2c(C=O)cc3c(-c4ccccc4F)noc3c2F)C[C@H](C)O1. The first-order valence-corrected chi connectivity index (χ1v) is 8.72. The fourth-order valence-electron chi connectivity index (χ4n) is 3.67. The van der Waals surface area contributed by atoms with Crippen LogP contribution in [0.4, 0.5) is 14.5 Å². The lowest BCUT2D eigenvalue weighted by Crippen LogP contribution is -2.46. The summed E-state index contributed by atoms with van der Waals surface area (Å²) >= 11 is 0. The summed E-state index contributed by atoms with van der Waals surface area (Å²) in [6.45, 7) is 4.68. The molecule has 0 spiro atoms. The number of hydrogen-bond acceptors (Lipinski definition) is 5. The summed E-state index contributed by atoms with van der Waals surface area (Å²) in [6, 6.07) is 7.53. The summed E-state index contributed by atoms with van der Waals surface area (Å²) < 4.78 is 40.4. The zero-order valence-corrected chi connectivity index (χ0v) is 14.9. The first-order chi connectivity index (χ1) is 13.0. The fraction of sp³-hybridized carbons (Fsp3) is 0.300. The summed E-state index contributed by atoms with van der Waals surface area (Å²) in [5, 5.41) is 4.13. The van der Waals surface area contributed by atoms with Gasteiger partial charge in [0.2, 0.25) is 5.58 Å². The van der Waals surface area contributed by atoms with E-state index in [1.165, 1.54) is 18.2 Å². The molecule has 3 aromatic rings. The van der Waals surface area contributed by atoms with Crippen molar-refractivity contribution in [3.63, 3.8) is 0 Å². The first kappa shape index (κ1) is 17.6. The quantitative estimate of drug-likeness (QED) is 0.645. The number of ether oxygens (including phenoxy) is 1. The zero-order valence-electron chi connectivity index (χ0n) is 14.9. The van der Waals surface area contributed by atoms with E-state index in [1.54, 1.807) is 17.0 Å². The highest BCUT2D eigenvalue weighted by Crippen LogP contribution is 2.37. The van der Waals surface area contributed by atoms with Gasteiger partial charge in [0.05, 0.1) is 23.3 Å². The molecule has 1 aromatic heterocycles. The largest absolute Gasteiger partial charge is 0.372 e. The van der Waals surface area contributed by atoms with E-state index < -0.39 is 11.6 Å². The molecule has 4 rings (SSSR count). The van der Waals surface area contributed by atoms with Crippen LogP contribution in [0.15, 0.2) is 34.9 Å². The molecule has 0 unspecified atom stereocenters. The molecule has 2 atom stereocenters. The van der Waals surface area contributed by atoms with Gasteiger partial charge in [0.1, 0.15) is 11.5 Å². The van der Waals surface area contributed by atoms with Gasteiger partial charge >= 0.3 is 0 Å². The summed E-state index contributed by atoms with van der Waals surface area (Å²) in [5.74, 6) is -1.17. The molecule has 2 heterocycles. The van der Waals surface area contributed by atoms with Crippen molar-refractivity contribution >= 4 is 22.9 Å². The van der Waals surface area contributed by atoms with Gasteiger partial charge in [-0.05, 0) is 32.0 Å². The molecule has 5 nitrogen and oxygen atoms in total. The number of carbonyl (C=O) groups is 1. The van der Waals surface area contributed by atoms with Gasteiger partial charge < -0.3 is 14.2 Å². The number of hydrogen-bond donors (Lipinski definition) is 0. The van der Waals surface area contributed by atoms with Crippen molar-refractivity contribution in [2.75, 3.05) is 18.0 Å². The van der Waals surface area contributed by atoms with Crippen molar-refractivity contribution in [1.82, 2.24) is 5.16 Å². The van der Waals surface area contributed by atoms with E-state index in [9.17, 15) is 9.18 Å². The van der Waals surface area contributed by atoms with Gasteiger partial charge in [-0.3, -0.25) is 4.79 Å². The predicted octanol–water partition coefficient (Wildman–Crippen LogP) is 4.20. The maximum atomic E-state index is 15.3. The molecule has 27 heavy (non-hydrogen) atoms. The van der Waals surface area contributed by atoms with Gasteiger partial charge in [-0.15, -0.1) is 0 Å². The van der Waals surface area contributed by atoms with Crippen LogP contribution in [0.3, 0.4) is 0 Å². The average molecular weight is 372 g/mol. The van der Waals surface area contributed by atoms with Crippen molar-refractivity contribution in [2.24, 2.45) is 0 Å². The Morgan fingerprint density at radius 1 is 1.19 bits per heavy atom. The van der Waals surface area contributed by atoms with Crippen LogP contribution in [0.2, 0.25) is 0 Å². The molecule has 1 saturated heterocycles. The third kappa shape index (κ3) is 2.98. The van der Waals surface area contributed by atoms with Gasteiger partial charge in [0.25, 0.3) is 0 Å². The third-order valence-electron chi connectivity index (χ3n) is 4.70. The number of halogens is 2. The highest BCUT2D eigenvalue weighted by molar-refractivity contribution is 6.00. The molecule has 2 aromatic carbocycles. The molecule has 0 saturated carbocycles. The Hall–Kier alpha value is -2.80. The minimum atomic E-state index is -0.675. The topological polar surface area (TPSA) is 55.6 Å². The second kappa shape index (κ2) is 6.74. The zero-order chi connectivity index (χ0) is 19.1. The first-order valence-electron chi connectivity index (χ1n) is 8.72. The highest BCUT2D eigenvalue weighted by Gasteiger charge is 2.29. The van der Waals surface area contributed by atoms with Crippen molar-refractivity contribution in [3.05, 3.63) is 47.5 Å². The number of aldehydes is 1. The molecule has 0 amide bonds. The number of benzene rings is 2. The van der Waals surface area contributed by atoms with Crippen molar-refractivity contribution < 1.29 is 22.8 Å². The van der Waals surface area contributed by atoms with Crippen LogP contribution in [0.5, 0.6) is 0 Å². The molecule has 1 fully saturated rings. The Morgan fingerprint density at radius 3 is 2.56 bits per heavy atom. The normalized spacial score (nSPS) is 20.2. The van der Waals surface area contributed by atoms with Crippen molar-refractivity contribution in [2.45, 2.75) is 26.1 Å². The molecule has 1 aliphatic heterocycles. The lowest BCUT2D eigenvalue weighted by Gasteiger charge is -2.37. The average Bonchev–Trinajstić information content (AvgIpc) is 3.05. The van der Waals surface area contributed by atoms with Crippen LogP contribution in [-0.4, -0.2) is 36.7 Å². The maximum Gasteiger partial charge on any atom is 0.205 e. The Bertz CT molecular complexity index is 1010. The van der Waals surface area contributed by atoms with Crippen LogP contribution in [0, 0.1) is 11.6 Å². The minimum Gasteiger partial charge on any atom is -0.372 e. The second-order valence-electron chi connectivity index (χ2n) is 6.80. The van der Waals surface area contributed by atoms with Gasteiger partial charge in [-0.25, -0.2) is 8.78 Å². The summed E-state index contributed by atoms with van der Waals surface area (Å²) in [6.07, 6.45) is 0.389. The monoisotopic (exact) mass is 372 g/mol. The van der Waals surface area contributed by atoms with Crippen LogP contribution in [-0.2, 0) is 4.74 Å². The van der Waals surface area contributed by atoms with Crippen molar-refractivity contribution in [3.8, 4) is 11.3 Å². The number of rotatable bonds is 3. The van der Waals surface area contributed by atoms with E-state index >= 15 is 4.39 Å². The number of aromatic nitrogens is 1. The Kier molecular flexibility index (Phi) is 4.39. The number of morpholine rings is 1. The summed E-state index contributed by atoms with van der Waals surface area (Å²) in [4.78, 5) is 13.5. The minimum absolute atomic E-state index is 0.0966. The lowest BCUT2D eigenvalue weighted by atomic mass is 10.0. The van der Waals surface area contributed by atoms with Gasteiger partial charge in [0.15, 0.2) is 12.1 Å². The summed E-state index contributed by atoms with van der Waals surface area (Å²) in [7, 11) is 0. The van der Waals surface area contributed by atoms with E-state index in [1.807, 2.05) is 13.8 Å². The molecular weight excluding hydrogens is 354 g/mol. The van der Waals surface area contributed by atoms with E-state index in [0.717, 1.165) is 0 Å². The number of carbonyl (C=O) groups excluding carboxylic acids is 1. The third-order valence-corrected chi connectivity index (χ3v) is 4.70. The molecule has 0 N–H and O–H groups in total. The molecule has 0 radical (unpaired) electrons. The molecular formula is C20H18F2N2O3. The predicted molar refractivity (Wildman–Crippen MR) is 97.0 cm³/mol. The molecule has 1 aliphatic rings. The Labute approximate surface area is 154 Å². The van der Waals surface area contributed by atoms with Crippen LogP contribution in [0.25, 0.3) is 22.2 Å². The molecule has 7 heteroatoms. The van der Waals surface area contributed by atoms with Crippen LogP contribution < -0.4 is 4.90 Å². The molecule has 0 bridgehead atoms. The highest BCUT2D eigenvalue weighted by atomic mass is 19.1. The van der Waals surface area contributed by atoms with Crippen LogP contribution in [0.1, 0.15) is 24.2 Å². The Balaban J connectivity index is 1.90. The van der Waals surface area contributed by atoms with E-state index in [2.05, 4.69) is 5.16 Å². The molecule has 0 aliphatic carbocycles. The van der Waals surface area contributed by atoms with E-state index in [-0.39, 0.29) is 45.7 Å². The van der Waals surface area contributed by atoms with Crippen LogP contribution >= 0.6 is 0 Å². The van der Waals surface area contributed by atoms with E-state index in [4.69, 9.17) is 9.26 Å².